The molecule has 1 saturated heterocycles. The van der Waals surface area contributed by atoms with Crippen LogP contribution in [-0.2, 0) is 4.74 Å². The van der Waals surface area contributed by atoms with Gasteiger partial charge in [-0.3, -0.25) is 9.80 Å². The molecule has 4 nitrogen and oxygen atoms in total. The first-order valence-electron chi connectivity index (χ1n) is 13.1. The molecule has 33 heavy (non-hydrogen) atoms. The van der Waals surface area contributed by atoms with E-state index in [0.29, 0.717) is 13.2 Å². The fraction of sp³-hybridized carbons (Fsp3) is 0.586. The SMILES string of the molecule is O[C@H](COCC[C@@H]1C[C@@H]2CC[C@@H]1C2)CN1CCN(C(c2ccccc2)c2ccccc2)CC1. The van der Waals surface area contributed by atoms with Crippen LogP contribution in [0.15, 0.2) is 60.7 Å². The zero-order valence-corrected chi connectivity index (χ0v) is 19.9. The van der Waals surface area contributed by atoms with E-state index in [1.165, 1.54) is 43.2 Å². The van der Waals surface area contributed by atoms with Crippen LogP contribution < -0.4 is 0 Å². The second-order valence-corrected chi connectivity index (χ2v) is 10.5. The predicted molar refractivity (Wildman–Crippen MR) is 133 cm³/mol. The molecule has 4 atom stereocenters. The number of nitrogens with zero attached hydrogens (tertiary/aromatic N) is 2. The number of aliphatic hydroxyl groups excluding tert-OH is 1. The number of rotatable bonds is 10. The Labute approximate surface area is 199 Å². The van der Waals surface area contributed by atoms with Crippen LogP contribution in [0.4, 0.5) is 0 Å². The maximum atomic E-state index is 10.5. The molecular weight excluding hydrogens is 408 g/mol. The van der Waals surface area contributed by atoms with E-state index in [-0.39, 0.29) is 6.04 Å². The first-order chi connectivity index (χ1) is 16.3. The van der Waals surface area contributed by atoms with Crippen molar-refractivity contribution in [1.82, 2.24) is 9.80 Å². The molecule has 2 saturated carbocycles. The summed E-state index contributed by atoms with van der Waals surface area (Å²) >= 11 is 0. The van der Waals surface area contributed by atoms with Gasteiger partial charge in [0.2, 0.25) is 0 Å². The number of β-amino-alcohol motifs (C(OH)–C–C–N with tert-alkyl or cyclic N) is 1. The van der Waals surface area contributed by atoms with Gasteiger partial charge in [-0.25, -0.2) is 0 Å². The van der Waals surface area contributed by atoms with Crippen molar-refractivity contribution in [3.63, 3.8) is 0 Å². The minimum Gasteiger partial charge on any atom is -0.389 e. The van der Waals surface area contributed by atoms with Gasteiger partial charge in [0, 0.05) is 39.3 Å². The minimum absolute atomic E-state index is 0.286. The number of hydrogen-bond donors (Lipinski definition) is 1. The zero-order valence-electron chi connectivity index (χ0n) is 19.9. The van der Waals surface area contributed by atoms with Crippen molar-refractivity contribution >= 4 is 0 Å². The minimum atomic E-state index is -0.393. The Morgan fingerprint density at radius 3 is 2.09 bits per heavy atom. The highest BCUT2D eigenvalue weighted by Gasteiger charge is 2.38. The van der Waals surface area contributed by atoms with Crippen molar-refractivity contribution in [3.05, 3.63) is 71.8 Å². The lowest BCUT2D eigenvalue weighted by Gasteiger charge is -2.40. The second kappa shape index (κ2) is 11.1. The molecule has 2 aliphatic carbocycles. The second-order valence-electron chi connectivity index (χ2n) is 10.5. The molecule has 0 unspecified atom stereocenters. The number of fused-ring (bicyclic) bond motifs is 2. The van der Waals surface area contributed by atoms with Crippen molar-refractivity contribution in [2.75, 3.05) is 45.9 Å². The highest BCUT2D eigenvalue weighted by molar-refractivity contribution is 5.31. The Balaban J connectivity index is 1.06. The van der Waals surface area contributed by atoms with E-state index in [1.54, 1.807) is 0 Å². The van der Waals surface area contributed by atoms with Crippen LogP contribution in [0, 0.1) is 17.8 Å². The zero-order chi connectivity index (χ0) is 22.5. The summed E-state index contributed by atoms with van der Waals surface area (Å²) in [5.74, 6) is 2.86. The lowest BCUT2D eigenvalue weighted by Crippen LogP contribution is -2.50. The highest BCUT2D eigenvalue weighted by Crippen LogP contribution is 2.49. The Bertz CT molecular complexity index is 798. The molecule has 0 spiro atoms. The molecular formula is C29H40N2O2. The topological polar surface area (TPSA) is 35.9 Å². The third-order valence-electron chi connectivity index (χ3n) is 8.30. The fourth-order valence-corrected chi connectivity index (χ4v) is 6.62. The van der Waals surface area contributed by atoms with Crippen LogP contribution in [0.5, 0.6) is 0 Å². The summed E-state index contributed by atoms with van der Waals surface area (Å²) in [7, 11) is 0. The van der Waals surface area contributed by atoms with Gasteiger partial charge in [-0.2, -0.15) is 0 Å². The molecule has 0 aromatic heterocycles. The van der Waals surface area contributed by atoms with E-state index in [0.717, 1.165) is 50.5 Å². The number of piperazine rings is 1. The maximum absolute atomic E-state index is 10.5. The molecule has 3 fully saturated rings. The molecule has 2 bridgehead atoms. The van der Waals surface area contributed by atoms with E-state index < -0.39 is 6.10 Å². The van der Waals surface area contributed by atoms with E-state index in [2.05, 4.69) is 70.5 Å². The summed E-state index contributed by atoms with van der Waals surface area (Å²) in [5, 5.41) is 10.5. The Morgan fingerprint density at radius 2 is 1.52 bits per heavy atom. The molecule has 3 aliphatic rings. The van der Waals surface area contributed by atoms with Crippen molar-refractivity contribution in [2.24, 2.45) is 17.8 Å². The highest BCUT2D eigenvalue weighted by atomic mass is 16.5. The molecule has 5 rings (SSSR count). The Kier molecular flexibility index (Phi) is 7.78. The maximum Gasteiger partial charge on any atom is 0.0900 e. The quantitative estimate of drug-likeness (QED) is 0.539. The van der Waals surface area contributed by atoms with Gasteiger partial charge in [0.1, 0.15) is 0 Å². The predicted octanol–water partition coefficient (Wildman–Crippen LogP) is 4.60. The average molecular weight is 449 g/mol. The van der Waals surface area contributed by atoms with E-state index in [1.807, 2.05) is 0 Å². The van der Waals surface area contributed by atoms with Crippen molar-refractivity contribution < 1.29 is 9.84 Å². The monoisotopic (exact) mass is 448 g/mol. The molecule has 0 radical (unpaired) electrons. The molecule has 2 aromatic carbocycles. The molecule has 4 heteroatoms. The number of hydrogen-bond acceptors (Lipinski definition) is 4. The summed E-state index contributed by atoms with van der Waals surface area (Å²) in [5.41, 5.74) is 2.70. The molecule has 0 amide bonds. The Morgan fingerprint density at radius 1 is 0.848 bits per heavy atom. The smallest absolute Gasteiger partial charge is 0.0900 e. The number of ether oxygens (including phenoxy) is 1. The standard InChI is InChI=1S/C29H40N2O2/c32-28(22-33-18-13-27-20-23-11-12-26(27)19-23)21-30-14-16-31(17-15-30)29(24-7-3-1-4-8-24)25-9-5-2-6-10-25/h1-10,23,26-29,32H,11-22H2/t23-,26-,27-,28+/m1/s1. The first-order valence-corrected chi connectivity index (χ1v) is 13.1. The number of benzene rings is 2. The third kappa shape index (κ3) is 5.86. The van der Waals surface area contributed by atoms with E-state index in [9.17, 15) is 5.11 Å². The number of aliphatic hydroxyl groups is 1. The van der Waals surface area contributed by atoms with Gasteiger partial charge in [0.15, 0.2) is 0 Å². The van der Waals surface area contributed by atoms with Crippen LogP contribution in [0.2, 0.25) is 0 Å². The third-order valence-corrected chi connectivity index (χ3v) is 8.30. The van der Waals surface area contributed by atoms with Crippen LogP contribution in [-0.4, -0.2) is 66.9 Å². The van der Waals surface area contributed by atoms with E-state index >= 15 is 0 Å². The lowest BCUT2D eigenvalue weighted by atomic mass is 9.87. The molecule has 1 heterocycles. The fourth-order valence-electron chi connectivity index (χ4n) is 6.62. The van der Waals surface area contributed by atoms with Crippen molar-refractivity contribution in [3.8, 4) is 0 Å². The first kappa shape index (κ1) is 23.0. The molecule has 2 aromatic rings. The van der Waals surface area contributed by atoms with Crippen LogP contribution in [0.1, 0.15) is 49.3 Å². The van der Waals surface area contributed by atoms with E-state index in [4.69, 9.17) is 4.74 Å². The van der Waals surface area contributed by atoms with Gasteiger partial charge in [-0.15, -0.1) is 0 Å². The summed E-state index contributed by atoms with van der Waals surface area (Å²) in [6, 6.07) is 21.9. The van der Waals surface area contributed by atoms with Gasteiger partial charge in [-0.1, -0.05) is 67.1 Å². The Hall–Kier alpha value is -1.72. The van der Waals surface area contributed by atoms with Crippen LogP contribution in [0.25, 0.3) is 0 Å². The average Bonchev–Trinajstić information content (AvgIpc) is 3.48. The largest absolute Gasteiger partial charge is 0.389 e. The van der Waals surface area contributed by atoms with Gasteiger partial charge < -0.3 is 9.84 Å². The van der Waals surface area contributed by atoms with Crippen molar-refractivity contribution in [2.45, 2.75) is 44.2 Å². The lowest BCUT2D eigenvalue weighted by molar-refractivity contribution is 0.000295. The summed E-state index contributed by atoms with van der Waals surface area (Å²) in [4.78, 5) is 4.98. The van der Waals surface area contributed by atoms with Gasteiger partial charge >= 0.3 is 0 Å². The molecule has 1 N–H and O–H groups in total. The summed E-state index contributed by atoms with van der Waals surface area (Å²) < 4.78 is 5.89. The normalized spacial score (nSPS) is 26.8. The summed E-state index contributed by atoms with van der Waals surface area (Å²) in [6.07, 6.45) is 6.59. The molecule has 1 aliphatic heterocycles. The molecule has 178 valence electrons. The van der Waals surface area contributed by atoms with Gasteiger partial charge in [0.05, 0.1) is 18.8 Å². The van der Waals surface area contributed by atoms with Gasteiger partial charge in [-0.05, 0) is 54.6 Å². The van der Waals surface area contributed by atoms with Crippen LogP contribution >= 0.6 is 0 Å². The van der Waals surface area contributed by atoms with Crippen LogP contribution in [0.3, 0.4) is 0 Å². The van der Waals surface area contributed by atoms with Crippen molar-refractivity contribution in [1.29, 1.82) is 0 Å². The summed E-state index contributed by atoms with van der Waals surface area (Å²) in [6.45, 7) is 5.98. The van der Waals surface area contributed by atoms with Gasteiger partial charge in [0.25, 0.3) is 0 Å².